The molecule has 1 aromatic carbocycles. The van der Waals surface area contributed by atoms with E-state index in [2.05, 4.69) is 50.4 Å². The third-order valence-corrected chi connectivity index (χ3v) is 4.22. The van der Waals surface area contributed by atoms with Gasteiger partial charge in [0.1, 0.15) is 0 Å². The van der Waals surface area contributed by atoms with Crippen LogP contribution in [0.15, 0.2) is 18.2 Å². The van der Waals surface area contributed by atoms with E-state index >= 15 is 0 Å². The Hall–Kier alpha value is -0.328. The molecule has 1 unspecified atom stereocenters. The van der Waals surface area contributed by atoms with Crippen molar-refractivity contribution in [3.8, 4) is 0 Å². The third-order valence-electron chi connectivity index (χ3n) is 4.22. The molecule has 0 spiro atoms. The van der Waals surface area contributed by atoms with Crippen LogP contribution in [-0.2, 0) is 22.1 Å². The van der Waals surface area contributed by atoms with Gasteiger partial charge in [-0.25, -0.2) is 0 Å². The molecule has 118 valence electrons. The second-order valence-corrected chi connectivity index (χ2v) is 6.31. The molecule has 2 saturated heterocycles. The van der Waals surface area contributed by atoms with Crippen LogP contribution < -0.4 is 5.32 Å². The molecule has 2 aliphatic heterocycles. The Morgan fingerprint density at radius 2 is 2.05 bits per heavy atom. The molecule has 0 aromatic heterocycles. The van der Waals surface area contributed by atoms with E-state index in [0.717, 1.165) is 31.6 Å². The predicted octanol–water partition coefficient (Wildman–Crippen LogP) is 3.90. The Labute approximate surface area is 140 Å². The summed E-state index contributed by atoms with van der Waals surface area (Å²) in [6.07, 6.45) is 3.91. The Bertz CT molecular complexity index is 404. The third kappa shape index (κ3) is 6.12. The number of aryl methyl sites for hydroxylation is 1. The Balaban J connectivity index is 0.000000236. The molecule has 3 atom stereocenters. The maximum atomic E-state index is 5.18. The van der Waals surface area contributed by atoms with Gasteiger partial charge in [-0.3, -0.25) is 0 Å². The molecule has 3 rings (SSSR count). The van der Waals surface area contributed by atoms with E-state index in [4.69, 9.17) is 4.74 Å². The van der Waals surface area contributed by atoms with Crippen LogP contribution in [0.25, 0.3) is 0 Å². The van der Waals surface area contributed by atoms with Crippen molar-refractivity contribution in [1.82, 2.24) is 5.32 Å². The van der Waals surface area contributed by atoms with Gasteiger partial charge in [0, 0.05) is 36.6 Å². The van der Waals surface area contributed by atoms with Crippen molar-refractivity contribution in [2.24, 2.45) is 11.8 Å². The fraction of sp³-hybridized carbons (Fsp3) is 0.667. The average molecular weight is 326 g/mol. The normalized spacial score (nSPS) is 28.2. The number of nitrogens with one attached hydrogen (secondary N) is 1. The molecule has 0 amide bonds. The van der Waals surface area contributed by atoms with E-state index in [-0.39, 0.29) is 17.4 Å². The van der Waals surface area contributed by atoms with E-state index < -0.39 is 0 Å². The summed E-state index contributed by atoms with van der Waals surface area (Å²) in [4.78, 5) is 0. The maximum absolute atomic E-state index is 5.18. The zero-order valence-electron chi connectivity index (χ0n) is 13.5. The van der Waals surface area contributed by atoms with Crippen molar-refractivity contribution < 1.29 is 22.1 Å². The van der Waals surface area contributed by atoms with Crippen LogP contribution in [0.2, 0.25) is 0 Å². The largest absolute Gasteiger partial charge is 0.381 e. The number of hydrogen-bond acceptors (Lipinski definition) is 2. The summed E-state index contributed by atoms with van der Waals surface area (Å²) in [5.74, 6) is 1.56. The van der Waals surface area contributed by atoms with Gasteiger partial charge in [0.05, 0.1) is 0 Å². The smallest absolute Gasteiger partial charge is 0.0491 e. The standard InChI is InChI=1S/C12H16N.C6H12O.Cr/c1-9-4-3-5-11(8-9)12-10(2)6-7-13-12;1-6-3-2-4-7-5-6;/h3-5,10,12-13H,6-7H2,1-2H3;6H,2-5H2,1H3;/q-1;;/t10-,12+;;/m1../s1. The minimum absolute atomic E-state index is 0. The van der Waals surface area contributed by atoms with Crippen molar-refractivity contribution in [3.05, 3.63) is 35.4 Å². The zero-order valence-corrected chi connectivity index (χ0v) is 14.8. The number of hydrogen-bond donors (Lipinski definition) is 1. The average Bonchev–Trinajstić information content (AvgIpc) is 2.87. The molecule has 0 saturated carbocycles. The molecule has 2 aliphatic rings. The Kier molecular flexibility index (Phi) is 8.59. The van der Waals surface area contributed by atoms with E-state index in [1.54, 1.807) is 0 Å². The van der Waals surface area contributed by atoms with Gasteiger partial charge in [-0.2, -0.15) is 29.8 Å². The summed E-state index contributed by atoms with van der Waals surface area (Å²) in [6, 6.07) is 10.3. The molecule has 2 heterocycles. The second-order valence-electron chi connectivity index (χ2n) is 6.31. The molecular weight excluding hydrogens is 298 g/mol. The monoisotopic (exact) mass is 326 g/mol. The van der Waals surface area contributed by atoms with Crippen LogP contribution >= 0.6 is 0 Å². The first kappa shape index (κ1) is 18.7. The molecule has 0 bridgehead atoms. The second kappa shape index (κ2) is 9.64. The summed E-state index contributed by atoms with van der Waals surface area (Å²) in [7, 11) is 0. The van der Waals surface area contributed by atoms with Crippen LogP contribution in [0.1, 0.15) is 50.3 Å². The molecule has 2 nitrogen and oxygen atoms in total. The summed E-state index contributed by atoms with van der Waals surface area (Å²) in [6.45, 7) is 9.76. The van der Waals surface area contributed by atoms with Crippen LogP contribution in [0.4, 0.5) is 0 Å². The van der Waals surface area contributed by atoms with E-state index in [1.807, 2.05) is 0 Å². The topological polar surface area (TPSA) is 21.3 Å². The molecule has 1 N–H and O–H groups in total. The molecule has 2 fully saturated rings. The van der Waals surface area contributed by atoms with E-state index in [9.17, 15) is 0 Å². The molecular formula is C18H28CrNO-. The summed E-state index contributed by atoms with van der Waals surface area (Å²) in [5.41, 5.74) is 2.56. The Morgan fingerprint density at radius 3 is 2.52 bits per heavy atom. The summed E-state index contributed by atoms with van der Waals surface area (Å²) < 4.78 is 5.18. The summed E-state index contributed by atoms with van der Waals surface area (Å²) in [5, 5.41) is 3.52. The SMILES string of the molecule is CC1CCCOC1.Cc1[c-]c([C@H]2NCC[C@H]2C)ccc1.[Cr]. The predicted molar refractivity (Wildman–Crippen MR) is 83.8 cm³/mol. The van der Waals surface area contributed by atoms with Gasteiger partial charge >= 0.3 is 0 Å². The molecule has 1 aromatic rings. The zero-order chi connectivity index (χ0) is 14.4. The first-order valence-electron chi connectivity index (χ1n) is 7.97. The first-order valence-corrected chi connectivity index (χ1v) is 7.97. The molecule has 0 aliphatic carbocycles. The van der Waals surface area contributed by atoms with Crippen molar-refractivity contribution in [3.63, 3.8) is 0 Å². The van der Waals surface area contributed by atoms with E-state index in [0.29, 0.717) is 6.04 Å². The van der Waals surface area contributed by atoms with Gasteiger partial charge < -0.3 is 10.1 Å². The van der Waals surface area contributed by atoms with Crippen LogP contribution in [0.3, 0.4) is 0 Å². The van der Waals surface area contributed by atoms with Gasteiger partial charge in [-0.1, -0.05) is 20.8 Å². The van der Waals surface area contributed by atoms with Crippen molar-refractivity contribution in [2.75, 3.05) is 19.8 Å². The van der Waals surface area contributed by atoms with Crippen molar-refractivity contribution >= 4 is 0 Å². The van der Waals surface area contributed by atoms with Crippen LogP contribution in [0.5, 0.6) is 0 Å². The first-order chi connectivity index (χ1) is 9.66. The Morgan fingerprint density at radius 1 is 1.24 bits per heavy atom. The van der Waals surface area contributed by atoms with Gasteiger partial charge in [0.2, 0.25) is 0 Å². The number of ether oxygens (including phenoxy) is 1. The summed E-state index contributed by atoms with van der Waals surface area (Å²) >= 11 is 0. The molecule has 21 heavy (non-hydrogen) atoms. The maximum Gasteiger partial charge on any atom is 0.0491 e. The van der Waals surface area contributed by atoms with Crippen LogP contribution in [0, 0.1) is 24.8 Å². The quantitative estimate of drug-likeness (QED) is 0.791. The van der Waals surface area contributed by atoms with Gasteiger partial charge in [-0.05, 0) is 37.6 Å². The number of benzene rings is 1. The fourth-order valence-electron chi connectivity index (χ4n) is 2.94. The molecule has 0 radical (unpaired) electrons. The van der Waals surface area contributed by atoms with Gasteiger partial charge in [0.25, 0.3) is 0 Å². The fourth-order valence-corrected chi connectivity index (χ4v) is 2.94. The van der Waals surface area contributed by atoms with Gasteiger partial charge in [-0.15, -0.1) is 5.56 Å². The van der Waals surface area contributed by atoms with Gasteiger partial charge in [0.15, 0.2) is 0 Å². The minimum Gasteiger partial charge on any atom is -0.381 e. The van der Waals surface area contributed by atoms with Crippen LogP contribution in [-0.4, -0.2) is 19.8 Å². The molecule has 3 heteroatoms. The number of rotatable bonds is 1. The van der Waals surface area contributed by atoms with Crippen molar-refractivity contribution in [2.45, 2.75) is 46.1 Å². The van der Waals surface area contributed by atoms with Crippen molar-refractivity contribution in [1.29, 1.82) is 0 Å². The van der Waals surface area contributed by atoms with E-state index in [1.165, 1.54) is 30.4 Å². The minimum atomic E-state index is 0.